The van der Waals surface area contributed by atoms with Gasteiger partial charge in [0, 0.05) is 17.5 Å². The van der Waals surface area contributed by atoms with Crippen LogP contribution >= 0.6 is 0 Å². The quantitative estimate of drug-likeness (QED) is 0.547. The molecule has 2 rings (SSSR count). The Morgan fingerprint density at radius 3 is 2.73 bits per heavy atom. The van der Waals surface area contributed by atoms with Crippen molar-refractivity contribution in [3.63, 3.8) is 0 Å². The van der Waals surface area contributed by atoms with Crippen LogP contribution in [0, 0.1) is 10.1 Å². The summed E-state index contributed by atoms with van der Waals surface area (Å²) in [5, 5.41) is 10.9. The van der Waals surface area contributed by atoms with Gasteiger partial charge in [0.1, 0.15) is 0 Å². The molecule has 0 radical (unpaired) electrons. The van der Waals surface area contributed by atoms with Crippen molar-refractivity contribution < 1.29 is 14.5 Å². The van der Waals surface area contributed by atoms with Crippen molar-refractivity contribution in [1.29, 1.82) is 0 Å². The lowest BCUT2D eigenvalue weighted by atomic mass is 10.1. The zero-order valence-electron chi connectivity index (χ0n) is 8.15. The largest absolute Gasteiger partial charge is 0.490 e. The van der Waals surface area contributed by atoms with Crippen LogP contribution in [0.25, 0.3) is 0 Å². The third-order valence-electron chi connectivity index (χ3n) is 2.55. The molecule has 0 heterocycles. The lowest BCUT2D eigenvalue weighted by Gasteiger charge is -2.04. The average molecular weight is 207 g/mol. The van der Waals surface area contributed by atoms with E-state index in [4.69, 9.17) is 4.74 Å². The van der Waals surface area contributed by atoms with Crippen LogP contribution in [0.1, 0.15) is 22.3 Å². The van der Waals surface area contributed by atoms with Crippen LogP contribution in [-0.4, -0.2) is 17.8 Å². The standard InChI is InChI=1S/C10H9NO4/c1-15-9-5-3-6-7(2-4-8(6)12)10(9)11(13)14/h3,5H,2,4H2,1H3. The summed E-state index contributed by atoms with van der Waals surface area (Å²) >= 11 is 0. The van der Waals surface area contributed by atoms with Gasteiger partial charge in [-0.3, -0.25) is 14.9 Å². The predicted molar refractivity (Wildman–Crippen MR) is 52.3 cm³/mol. The van der Waals surface area contributed by atoms with Gasteiger partial charge in [0.15, 0.2) is 11.5 Å². The molecule has 0 amide bonds. The molecule has 0 N–H and O–H groups in total. The van der Waals surface area contributed by atoms with Crippen molar-refractivity contribution in [3.05, 3.63) is 33.4 Å². The van der Waals surface area contributed by atoms with Gasteiger partial charge in [0.05, 0.1) is 12.0 Å². The van der Waals surface area contributed by atoms with Gasteiger partial charge in [0.2, 0.25) is 0 Å². The van der Waals surface area contributed by atoms with E-state index in [0.29, 0.717) is 24.0 Å². The molecule has 1 aromatic rings. The summed E-state index contributed by atoms with van der Waals surface area (Å²) in [6.45, 7) is 0. The molecule has 5 heteroatoms. The minimum absolute atomic E-state index is 0.0317. The first-order valence-corrected chi connectivity index (χ1v) is 4.52. The van der Waals surface area contributed by atoms with Crippen LogP contribution in [0.5, 0.6) is 5.75 Å². The van der Waals surface area contributed by atoms with Crippen LogP contribution in [0.2, 0.25) is 0 Å². The third kappa shape index (κ3) is 1.36. The van der Waals surface area contributed by atoms with Gasteiger partial charge in [-0.2, -0.15) is 0 Å². The summed E-state index contributed by atoms with van der Waals surface area (Å²) in [4.78, 5) is 21.7. The van der Waals surface area contributed by atoms with Crippen LogP contribution in [0.15, 0.2) is 12.1 Å². The summed E-state index contributed by atoms with van der Waals surface area (Å²) in [7, 11) is 1.38. The lowest BCUT2D eigenvalue weighted by Crippen LogP contribution is -1.99. The SMILES string of the molecule is COc1ccc2c(c1[N+](=O)[O-])CCC2=O. The zero-order chi connectivity index (χ0) is 11.0. The number of benzene rings is 1. The van der Waals surface area contributed by atoms with Gasteiger partial charge in [-0.1, -0.05) is 0 Å². The van der Waals surface area contributed by atoms with Gasteiger partial charge < -0.3 is 4.74 Å². The molecular weight excluding hydrogens is 198 g/mol. The molecule has 0 saturated carbocycles. The molecule has 0 spiro atoms. The molecule has 0 aromatic heterocycles. The minimum atomic E-state index is -0.490. The smallest absolute Gasteiger partial charge is 0.314 e. The number of nitro benzene ring substituents is 1. The number of ether oxygens (including phenoxy) is 1. The molecule has 0 unspecified atom stereocenters. The lowest BCUT2D eigenvalue weighted by molar-refractivity contribution is -0.386. The number of carbonyl (C=O) groups is 1. The van der Waals surface area contributed by atoms with Crippen molar-refractivity contribution >= 4 is 11.5 Å². The Labute approximate surface area is 85.8 Å². The maximum atomic E-state index is 11.4. The van der Waals surface area contributed by atoms with E-state index in [1.54, 1.807) is 6.07 Å². The van der Waals surface area contributed by atoms with Crippen LogP contribution in [0.3, 0.4) is 0 Å². The number of nitro groups is 1. The van der Waals surface area contributed by atoms with Gasteiger partial charge in [0.25, 0.3) is 0 Å². The summed E-state index contributed by atoms with van der Waals surface area (Å²) in [6, 6.07) is 3.07. The van der Waals surface area contributed by atoms with E-state index in [9.17, 15) is 14.9 Å². The molecule has 1 aromatic carbocycles. The highest BCUT2D eigenvalue weighted by Gasteiger charge is 2.30. The van der Waals surface area contributed by atoms with E-state index in [2.05, 4.69) is 0 Å². The number of rotatable bonds is 2. The summed E-state index contributed by atoms with van der Waals surface area (Å²) in [6.07, 6.45) is 0.783. The van der Waals surface area contributed by atoms with Crippen molar-refractivity contribution in [1.82, 2.24) is 0 Å². The van der Waals surface area contributed by atoms with Crippen molar-refractivity contribution in [2.75, 3.05) is 7.11 Å². The zero-order valence-corrected chi connectivity index (χ0v) is 8.15. The Hall–Kier alpha value is -1.91. The number of carbonyl (C=O) groups excluding carboxylic acids is 1. The monoisotopic (exact) mass is 207 g/mol. The van der Waals surface area contributed by atoms with Gasteiger partial charge >= 0.3 is 5.69 Å². The molecule has 15 heavy (non-hydrogen) atoms. The fourth-order valence-corrected chi connectivity index (χ4v) is 1.87. The Morgan fingerprint density at radius 1 is 1.40 bits per heavy atom. The topological polar surface area (TPSA) is 69.4 Å². The Kier molecular flexibility index (Phi) is 2.15. The second-order valence-electron chi connectivity index (χ2n) is 3.32. The third-order valence-corrected chi connectivity index (χ3v) is 2.55. The molecule has 0 aliphatic heterocycles. The highest BCUT2D eigenvalue weighted by atomic mass is 16.6. The van der Waals surface area contributed by atoms with E-state index in [-0.39, 0.29) is 17.2 Å². The first-order valence-electron chi connectivity index (χ1n) is 4.52. The summed E-state index contributed by atoms with van der Waals surface area (Å²) < 4.78 is 4.91. The number of methoxy groups -OCH3 is 1. The first-order chi connectivity index (χ1) is 7.15. The fraction of sp³-hybridized carbons (Fsp3) is 0.300. The normalized spacial score (nSPS) is 13.8. The number of hydrogen-bond acceptors (Lipinski definition) is 4. The van der Waals surface area contributed by atoms with Gasteiger partial charge in [-0.25, -0.2) is 0 Å². The Bertz CT molecular complexity index is 453. The maximum Gasteiger partial charge on any atom is 0.314 e. The highest BCUT2D eigenvalue weighted by Crippen LogP contribution is 2.37. The predicted octanol–water partition coefficient (Wildman–Crippen LogP) is 1.73. The molecule has 1 aliphatic rings. The van der Waals surface area contributed by atoms with E-state index >= 15 is 0 Å². The Morgan fingerprint density at radius 2 is 2.13 bits per heavy atom. The fourth-order valence-electron chi connectivity index (χ4n) is 1.87. The minimum Gasteiger partial charge on any atom is -0.490 e. The van der Waals surface area contributed by atoms with Crippen LogP contribution in [-0.2, 0) is 6.42 Å². The number of Topliss-reactive ketones (excluding diaryl/α,β-unsaturated/α-hetero) is 1. The molecule has 0 bridgehead atoms. The van der Waals surface area contributed by atoms with Crippen molar-refractivity contribution in [2.24, 2.45) is 0 Å². The van der Waals surface area contributed by atoms with Crippen LogP contribution < -0.4 is 4.74 Å². The molecular formula is C10H9NO4. The molecule has 0 atom stereocenters. The van der Waals surface area contributed by atoms with E-state index < -0.39 is 4.92 Å². The molecule has 78 valence electrons. The number of ketones is 1. The average Bonchev–Trinajstić information content (AvgIpc) is 2.58. The Balaban J connectivity index is 2.68. The number of hydrogen-bond donors (Lipinski definition) is 0. The highest BCUT2D eigenvalue weighted by molar-refractivity contribution is 6.02. The van der Waals surface area contributed by atoms with Crippen molar-refractivity contribution in [3.8, 4) is 5.75 Å². The number of fused-ring (bicyclic) bond motifs is 1. The van der Waals surface area contributed by atoms with Gasteiger partial charge in [-0.05, 0) is 18.6 Å². The second-order valence-corrected chi connectivity index (χ2v) is 3.32. The number of nitrogens with zero attached hydrogens (tertiary/aromatic N) is 1. The second kappa shape index (κ2) is 3.34. The van der Waals surface area contributed by atoms with Crippen molar-refractivity contribution in [2.45, 2.75) is 12.8 Å². The van der Waals surface area contributed by atoms with E-state index in [0.717, 1.165) is 0 Å². The maximum absolute atomic E-state index is 11.4. The molecule has 0 saturated heterocycles. The van der Waals surface area contributed by atoms with Crippen LogP contribution in [0.4, 0.5) is 5.69 Å². The van der Waals surface area contributed by atoms with E-state index in [1.165, 1.54) is 13.2 Å². The first kappa shape index (κ1) is 9.64. The molecule has 1 aliphatic carbocycles. The molecule has 0 fully saturated rings. The van der Waals surface area contributed by atoms with E-state index in [1.807, 2.05) is 0 Å². The molecule has 5 nitrogen and oxygen atoms in total. The van der Waals surface area contributed by atoms with Gasteiger partial charge in [-0.15, -0.1) is 0 Å². The summed E-state index contributed by atoms with van der Waals surface area (Å²) in [5.41, 5.74) is 0.896. The summed E-state index contributed by atoms with van der Waals surface area (Å²) in [5.74, 6) is 0.184.